The van der Waals surface area contributed by atoms with Crippen LogP contribution in [0, 0.1) is 12.3 Å². The molecule has 19 heavy (non-hydrogen) atoms. The fraction of sp³-hybridized carbons (Fsp3) is 0.500. The molecule has 102 valence electrons. The van der Waals surface area contributed by atoms with Crippen LogP contribution in [0.4, 0.5) is 5.69 Å². The Labute approximate surface area is 118 Å². The van der Waals surface area contributed by atoms with E-state index in [4.69, 9.17) is 18.0 Å². The Bertz CT molecular complexity index is 495. The van der Waals surface area contributed by atoms with Crippen molar-refractivity contribution in [2.45, 2.75) is 39.0 Å². The standard InChI is InChI=1S/C14H19N3OS/c1-10-11(6-5-9-16-10)17-13(18)14(12(15)19)7-3-2-4-8-14/h5-6,9H,2-4,7-8H2,1H3,(H2,15,19)(H,17,18). The van der Waals surface area contributed by atoms with Crippen LogP contribution in [0.1, 0.15) is 37.8 Å². The lowest BCUT2D eigenvalue weighted by Crippen LogP contribution is -2.47. The Balaban J connectivity index is 2.21. The molecule has 1 fully saturated rings. The highest BCUT2D eigenvalue weighted by Crippen LogP contribution is 2.37. The molecule has 0 bridgehead atoms. The number of anilines is 1. The molecule has 2 rings (SSSR count). The first-order valence-electron chi connectivity index (χ1n) is 6.59. The monoisotopic (exact) mass is 277 g/mol. The Morgan fingerprint density at radius 1 is 1.42 bits per heavy atom. The summed E-state index contributed by atoms with van der Waals surface area (Å²) in [6.45, 7) is 1.87. The van der Waals surface area contributed by atoms with Gasteiger partial charge in [0.1, 0.15) is 0 Å². The first-order valence-corrected chi connectivity index (χ1v) is 7.00. The molecule has 1 aliphatic carbocycles. The van der Waals surface area contributed by atoms with Crippen molar-refractivity contribution in [2.75, 3.05) is 5.32 Å². The van der Waals surface area contributed by atoms with Gasteiger partial charge in [-0.1, -0.05) is 31.5 Å². The summed E-state index contributed by atoms with van der Waals surface area (Å²) in [6.07, 6.45) is 6.33. The second kappa shape index (κ2) is 5.65. The number of nitrogens with one attached hydrogen (secondary N) is 1. The first-order chi connectivity index (χ1) is 9.06. The van der Waals surface area contributed by atoms with Crippen LogP contribution in [-0.2, 0) is 4.79 Å². The van der Waals surface area contributed by atoms with E-state index < -0.39 is 5.41 Å². The number of rotatable bonds is 3. The molecule has 0 aliphatic heterocycles. The van der Waals surface area contributed by atoms with Gasteiger partial charge in [0.25, 0.3) is 0 Å². The van der Waals surface area contributed by atoms with Crippen molar-refractivity contribution in [3.8, 4) is 0 Å². The quantitative estimate of drug-likeness (QED) is 0.833. The van der Waals surface area contributed by atoms with E-state index in [1.807, 2.05) is 13.0 Å². The molecule has 1 amide bonds. The fourth-order valence-electron chi connectivity index (χ4n) is 2.60. The van der Waals surface area contributed by atoms with Gasteiger partial charge >= 0.3 is 0 Å². The van der Waals surface area contributed by atoms with Crippen LogP contribution in [0.3, 0.4) is 0 Å². The zero-order valence-electron chi connectivity index (χ0n) is 11.1. The number of amides is 1. The van der Waals surface area contributed by atoms with Crippen molar-refractivity contribution >= 4 is 28.8 Å². The molecule has 0 radical (unpaired) electrons. The summed E-state index contributed by atoms with van der Waals surface area (Å²) in [5.41, 5.74) is 6.69. The number of nitrogens with zero attached hydrogens (tertiary/aromatic N) is 1. The van der Waals surface area contributed by atoms with Crippen molar-refractivity contribution in [2.24, 2.45) is 11.1 Å². The van der Waals surface area contributed by atoms with Crippen LogP contribution in [0.5, 0.6) is 0 Å². The number of hydrogen-bond donors (Lipinski definition) is 2. The maximum Gasteiger partial charge on any atom is 0.237 e. The number of nitrogens with two attached hydrogens (primary N) is 1. The fourth-order valence-corrected chi connectivity index (χ4v) is 2.90. The summed E-state index contributed by atoms with van der Waals surface area (Å²) in [5.74, 6) is -0.0872. The third-order valence-corrected chi connectivity index (χ3v) is 4.26. The number of aromatic nitrogens is 1. The van der Waals surface area contributed by atoms with E-state index in [1.54, 1.807) is 12.3 Å². The van der Waals surface area contributed by atoms with Crippen molar-refractivity contribution in [3.05, 3.63) is 24.0 Å². The van der Waals surface area contributed by atoms with Crippen molar-refractivity contribution in [3.63, 3.8) is 0 Å². The molecule has 1 aromatic rings. The van der Waals surface area contributed by atoms with Gasteiger partial charge in [-0.05, 0) is 31.9 Å². The predicted octanol–water partition coefficient (Wildman–Crippen LogP) is 2.57. The molecule has 0 atom stereocenters. The number of carbonyl (C=O) groups excluding carboxylic acids is 1. The molecular formula is C14H19N3OS. The van der Waals surface area contributed by atoms with Gasteiger partial charge in [0.05, 0.1) is 21.8 Å². The minimum atomic E-state index is -0.685. The van der Waals surface area contributed by atoms with Gasteiger partial charge in [0.15, 0.2) is 0 Å². The lowest BCUT2D eigenvalue weighted by Gasteiger charge is -2.34. The van der Waals surface area contributed by atoms with Crippen LogP contribution in [0.2, 0.25) is 0 Å². The topological polar surface area (TPSA) is 68.0 Å². The Kier molecular flexibility index (Phi) is 4.14. The molecule has 1 saturated carbocycles. The van der Waals surface area contributed by atoms with Gasteiger partial charge in [0, 0.05) is 6.20 Å². The third kappa shape index (κ3) is 2.76. The van der Waals surface area contributed by atoms with Crippen molar-refractivity contribution in [1.29, 1.82) is 0 Å². The molecule has 0 aromatic carbocycles. The second-order valence-corrected chi connectivity index (χ2v) is 5.54. The molecule has 1 aromatic heterocycles. The summed E-state index contributed by atoms with van der Waals surface area (Å²) >= 11 is 5.15. The van der Waals surface area contributed by atoms with Crippen LogP contribution >= 0.6 is 12.2 Å². The number of hydrogen-bond acceptors (Lipinski definition) is 3. The van der Waals surface area contributed by atoms with E-state index >= 15 is 0 Å². The van der Waals surface area contributed by atoms with E-state index in [9.17, 15) is 4.79 Å². The minimum absolute atomic E-state index is 0.0872. The van der Waals surface area contributed by atoms with Gasteiger partial charge < -0.3 is 11.1 Å². The van der Waals surface area contributed by atoms with Gasteiger partial charge in [-0.2, -0.15) is 0 Å². The Hall–Kier alpha value is -1.49. The second-order valence-electron chi connectivity index (χ2n) is 5.10. The molecule has 3 N–H and O–H groups in total. The summed E-state index contributed by atoms with van der Waals surface area (Å²) < 4.78 is 0. The molecule has 1 heterocycles. The van der Waals surface area contributed by atoms with Crippen molar-refractivity contribution in [1.82, 2.24) is 4.98 Å². The number of thiocarbonyl (C=S) groups is 1. The molecule has 1 aliphatic rings. The number of pyridine rings is 1. The molecular weight excluding hydrogens is 258 g/mol. The molecule has 4 nitrogen and oxygen atoms in total. The average Bonchev–Trinajstić information content (AvgIpc) is 2.42. The summed E-state index contributed by atoms with van der Waals surface area (Å²) in [4.78, 5) is 17.1. The molecule has 0 unspecified atom stereocenters. The van der Waals surface area contributed by atoms with Crippen LogP contribution in [0.25, 0.3) is 0 Å². The van der Waals surface area contributed by atoms with E-state index in [-0.39, 0.29) is 5.91 Å². The lowest BCUT2D eigenvalue weighted by molar-refractivity contribution is -0.123. The van der Waals surface area contributed by atoms with Gasteiger partial charge in [0.2, 0.25) is 5.91 Å². The zero-order chi connectivity index (χ0) is 13.9. The van der Waals surface area contributed by atoms with E-state index in [1.165, 1.54) is 0 Å². The average molecular weight is 277 g/mol. The number of carbonyl (C=O) groups is 1. The first kappa shape index (κ1) is 13.9. The third-order valence-electron chi connectivity index (χ3n) is 3.87. The maximum atomic E-state index is 12.6. The summed E-state index contributed by atoms with van der Waals surface area (Å²) in [5, 5.41) is 2.93. The zero-order valence-corrected chi connectivity index (χ0v) is 11.9. The van der Waals surface area contributed by atoms with E-state index in [0.717, 1.165) is 43.5 Å². The number of aryl methyl sites for hydroxylation is 1. The molecule has 0 spiro atoms. The van der Waals surface area contributed by atoms with Gasteiger partial charge in [-0.25, -0.2) is 0 Å². The highest BCUT2D eigenvalue weighted by molar-refractivity contribution is 7.80. The smallest absolute Gasteiger partial charge is 0.237 e. The lowest BCUT2D eigenvalue weighted by atomic mass is 9.73. The van der Waals surface area contributed by atoms with Gasteiger partial charge in [-0.3, -0.25) is 9.78 Å². The Morgan fingerprint density at radius 2 is 2.11 bits per heavy atom. The van der Waals surface area contributed by atoms with Gasteiger partial charge in [-0.15, -0.1) is 0 Å². The minimum Gasteiger partial charge on any atom is -0.392 e. The summed E-state index contributed by atoms with van der Waals surface area (Å²) in [6, 6.07) is 3.65. The van der Waals surface area contributed by atoms with Crippen LogP contribution in [0.15, 0.2) is 18.3 Å². The van der Waals surface area contributed by atoms with Crippen molar-refractivity contribution < 1.29 is 4.79 Å². The highest BCUT2D eigenvalue weighted by atomic mass is 32.1. The summed E-state index contributed by atoms with van der Waals surface area (Å²) in [7, 11) is 0. The van der Waals surface area contributed by atoms with E-state index in [0.29, 0.717) is 4.99 Å². The molecule has 5 heteroatoms. The SMILES string of the molecule is Cc1ncccc1NC(=O)C1(C(N)=S)CCCCC1. The Morgan fingerprint density at radius 3 is 2.68 bits per heavy atom. The molecule has 0 saturated heterocycles. The normalized spacial score (nSPS) is 17.7. The highest BCUT2D eigenvalue weighted by Gasteiger charge is 2.42. The predicted molar refractivity (Wildman–Crippen MR) is 79.9 cm³/mol. The van der Waals surface area contributed by atoms with Crippen LogP contribution < -0.4 is 11.1 Å². The van der Waals surface area contributed by atoms with Crippen LogP contribution in [-0.4, -0.2) is 15.9 Å². The van der Waals surface area contributed by atoms with E-state index in [2.05, 4.69) is 10.3 Å². The largest absolute Gasteiger partial charge is 0.392 e. The maximum absolute atomic E-state index is 12.6.